The number of hydrogen-bond acceptors (Lipinski definition) is 6. The summed E-state index contributed by atoms with van der Waals surface area (Å²) in [7, 11) is 1.90. The molecule has 2 fully saturated rings. The number of fused-ring (bicyclic) bond motifs is 1. The van der Waals surface area contributed by atoms with Crippen molar-refractivity contribution in [3.05, 3.63) is 30.7 Å². The fourth-order valence-corrected chi connectivity index (χ4v) is 3.63. The number of ether oxygens (including phenoxy) is 2. The molecule has 28 heavy (non-hydrogen) atoms. The molecular weight excluding hydrogens is 360 g/mol. The molecule has 0 atom stereocenters. The van der Waals surface area contributed by atoms with Gasteiger partial charge in [0.05, 0.1) is 25.1 Å². The minimum atomic E-state index is -0.242. The summed E-state index contributed by atoms with van der Waals surface area (Å²) in [6.45, 7) is 3.79. The van der Waals surface area contributed by atoms with E-state index >= 15 is 0 Å². The van der Waals surface area contributed by atoms with Crippen LogP contribution in [0.25, 0.3) is 22.3 Å². The van der Waals surface area contributed by atoms with Gasteiger partial charge in [0.1, 0.15) is 5.65 Å². The molecule has 3 aromatic heterocycles. The summed E-state index contributed by atoms with van der Waals surface area (Å²) in [5.74, 6) is 0. The minimum Gasteiger partial charge on any atom is -0.441 e. The number of nitrogens with one attached hydrogen (secondary N) is 1. The van der Waals surface area contributed by atoms with Gasteiger partial charge < -0.3 is 24.3 Å². The van der Waals surface area contributed by atoms with Crippen molar-refractivity contribution in [2.75, 3.05) is 44.3 Å². The zero-order valence-electron chi connectivity index (χ0n) is 15.7. The van der Waals surface area contributed by atoms with Crippen LogP contribution >= 0.6 is 0 Å². The quantitative estimate of drug-likeness (QED) is 0.741. The Kier molecular flexibility index (Phi) is 4.16. The van der Waals surface area contributed by atoms with Gasteiger partial charge in [-0.1, -0.05) is 0 Å². The van der Waals surface area contributed by atoms with Crippen molar-refractivity contribution in [1.82, 2.24) is 24.6 Å². The van der Waals surface area contributed by atoms with Crippen molar-refractivity contribution in [1.29, 1.82) is 0 Å². The van der Waals surface area contributed by atoms with Crippen LogP contribution < -0.4 is 4.90 Å². The predicted octanol–water partition coefficient (Wildman–Crippen LogP) is 1.62. The van der Waals surface area contributed by atoms with E-state index in [4.69, 9.17) is 9.47 Å². The van der Waals surface area contributed by atoms with E-state index in [1.54, 1.807) is 9.58 Å². The van der Waals surface area contributed by atoms with Crippen molar-refractivity contribution in [3.8, 4) is 11.3 Å². The number of carbonyl (C=O) groups is 1. The lowest BCUT2D eigenvalue weighted by Crippen LogP contribution is -2.51. The number of rotatable bonds is 3. The molecule has 3 aromatic rings. The highest BCUT2D eigenvalue weighted by atomic mass is 16.6. The fourth-order valence-electron chi connectivity index (χ4n) is 3.63. The number of aryl methyl sites for hydroxylation is 1. The van der Waals surface area contributed by atoms with Gasteiger partial charge in [0.25, 0.3) is 0 Å². The predicted molar refractivity (Wildman–Crippen MR) is 103 cm³/mol. The Hall–Kier alpha value is -3.07. The van der Waals surface area contributed by atoms with Gasteiger partial charge in [-0.15, -0.1) is 0 Å². The highest BCUT2D eigenvalue weighted by Crippen LogP contribution is 2.30. The summed E-state index contributed by atoms with van der Waals surface area (Å²) in [4.78, 5) is 24.1. The third-order valence-electron chi connectivity index (χ3n) is 5.28. The normalized spacial score (nSPS) is 17.8. The fraction of sp³-hybridized carbons (Fsp3) is 0.421. The molecule has 2 aliphatic heterocycles. The van der Waals surface area contributed by atoms with E-state index in [1.165, 1.54) is 0 Å². The van der Waals surface area contributed by atoms with E-state index in [9.17, 15) is 4.79 Å². The van der Waals surface area contributed by atoms with E-state index in [0.29, 0.717) is 26.3 Å². The number of anilines is 1. The molecule has 146 valence electrons. The summed E-state index contributed by atoms with van der Waals surface area (Å²) >= 11 is 0. The number of amides is 1. The Balaban J connectivity index is 1.32. The highest BCUT2D eigenvalue weighted by molar-refractivity contribution is 5.93. The summed E-state index contributed by atoms with van der Waals surface area (Å²) in [6.07, 6.45) is 5.30. The average Bonchev–Trinajstić information content (AvgIpc) is 3.30. The second-order valence-electron chi connectivity index (χ2n) is 7.20. The maximum atomic E-state index is 12.2. The van der Waals surface area contributed by atoms with Crippen molar-refractivity contribution < 1.29 is 14.3 Å². The molecule has 0 saturated carbocycles. The first kappa shape index (κ1) is 17.1. The molecule has 1 amide bonds. The molecule has 0 aliphatic carbocycles. The molecule has 0 spiro atoms. The molecule has 0 aromatic carbocycles. The first-order valence-electron chi connectivity index (χ1n) is 9.42. The second-order valence-corrected chi connectivity index (χ2v) is 7.20. The monoisotopic (exact) mass is 382 g/mol. The van der Waals surface area contributed by atoms with Gasteiger partial charge in [-0.3, -0.25) is 4.68 Å². The Labute approximate surface area is 161 Å². The Bertz CT molecular complexity index is 1000. The van der Waals surface area contributed by atoms with Crippen LogP contribution in [-0.2, 0) is 16.5 Å². The molecule has 0 bridgehead atoms. The van der Waals surface area contributed by atoms with Crippen LogP contribution in [0.15, 0.2) is 30.7 Å². The van der Waals surface area contributed by atoms with Gasteiger partial charge in [0.2, 0.25) is 0 Å². The van der Waals surface area contributed by atoms with Crippen molar-refractivity contribution in [2.24, 2.45) is 7.05 Å². The zero-order chi connectivity index (χ0) is 19.1. The lowest BCUT2D eigenvalue weighted by molar-refractivity contribution is -0.104. The Morgan fingerprint density at radius 1 is 1.29 bits per heavy atom. The van der Waals surface area contributed by atoms with Crippen molar-refractivity contribution in [3.63, 3.8) is 0 Å². The number of pyridine rings is 1. The largest absolute Gasteiger partial charge is 0.441 e. The minimum absolute atomic E-state index is 0.0869. The van der Waals surface area contributed by atoms with Crippen LogP contribution in [0.4, 0.5) is 10.5 Å². The maximum absolute atomic E-state index is 12.2. The highest BCUT2D eigenvalue weighted by Gasteiger charge is 2.28. The molecule has 9 nitrogen and oxygen atoms in total. The number of aromatic nitrogens is 4. The summed E-state index contributed by atoms with van der Waals surface area (Å²) in [5, 5.41) is 5.31. The molecule has 0 unspecified atom stereocenters. The first-order valence-corrected chi connectivity index (χ1v) is 9.42. The molecule has 2 aliphatic rings. The third-order valence-corrected chi connectivity index (χ3v) is 5.28. The van der Waals surface area contributed by atoms with E-state index < -0.39 is 0 Å². The molecule has 5 heterocycles. The van der Waals surface area contributed by atoms with Crippen molar-refractivity contribution >= 4 is 22.8 Å². The van der Waals surface area contributed by atoms with Crippen LogP contribution in [0.3, 0.4) is 0 Å². The first-order chi connectivity index (χ1) is 13.7. The van der Waals surface area contributed by atoms with E-state index in [1.807, 2.05) is 31.7 Å². The van der Waals surface area contributed by atoms with Gasteiger partial charge in [0, 0.05) is 62.3 Å². The number of nitrogens with zero attached hydrogens (tertiary/aromatic N) is 5. The maximum Gasteiger partial charge on any atom is 0.410 e. The number of hydrogen-bond donors (Lipinski definition) is 1. The standard InChI is InChI=1S/C19H22N6O3/c1-23-10-13(9-21-23)16-8-15-17(2-3-20-18(15)22-16)24-4-6-25(7-5-24)19(26)28-14-11-27-12-14/h2-3,8-10,14H,4-7,11-12H2,1H3,(H,20,22). The molecule has 9 heteroatoms. The number of carbonyl (C=O) groups excluding carboxylic acids is 1. The summed E-state index contributed by atoms with van der Waals surface area (Å²) < 4.78 is 12.2. The molecule has 1 N–H and O–H groups in total. The van der Waals surface area contributed by atoms with Crippen LogP contribution in [0, 0.1) is 0 Å². The third kappa shape index (κ3) is 3.07. The topological polar surface area (TPSA) is 88.5 Å². The van der Waals surface area contributed by atoms with E-state index in [-0.39, 0.29) is 12.2 Å². The Morgan fingerprint density at radius 2 is 2.11 bits per heavy atom. The molecule has 5 rings (SSSR count). The Morgan fingerprint density at radius 3 is 2.79 bits per heavy atom. The lowest BCUT2D eigenvalue weighted by atomic mass is 10.2. The number of H-pyrrole nitrogens is 1. The SMILES string of the molecule is Cn1cc(-c2cc3c(N4CCN(C(=O)OC5COC5)CC4)ccnc3[nH]2)cn1. The summed E-state index contributed by atoms with van der Waals surface area (Å²) in [5.41, 5.74) is 3.99. The van der Waals surface area contributed by atoms with Gasteiger partial charge >= 0.3 is 6.09 Å². The number of piperazine rings is 1. The van der Waals surface area contributed by atoms with E-state index in [0.717, 1.165) is 41.1 Å². The van der Waals surface area contributed by atoms with Crippen LogP contribution in [-0.4, -0.2) is 76.2 Å². The van der Waals surface area contributed by atoms with Crippen molar-refractivity contribution in [2.45, 2.75) is 6.10 Å². The number of aromatic amines is 1. The van der Waals surface area contributed by atoms with Gasteiger partial charge in [-0.05, 0) is 12.1 Å². The van der Waals surface area contributed by atoms with Gasteiger partial charge in [0.15, 0.2) is 6.10 Å². The molecule has 2 saturated heterocycles. The van der Waals surface area contributed by atoms with E-state index in [2.05, 4.69) is 26.0 Å². The lowest BCUT2D eigenvalue weighted by Gasteiger charge is -2.37. The molecule has 0 radical (unpaired) electrons. The second kappa shape index (κ2) is 6.83. The average molecular weight is 382 g/mol. The van der Waals surface area contributed by atoms with Crippen LogP contribution in [0.1, 0.15) is 0 Å². The van der Waals surface area contributed by atoms with Crippen LogP contribution in [0.5, 0.6) is 0 Å². The zero-order valence-corrected chi connectivity index (χ0v) is 15.7. The molecular formula is C19H22N6O3. The van der Waals surface area contributed by atoms with Gasteiger partial charge in [-0.25, -0.2) is 9.78 Å². The summed E-state index contributed by atoms with van der Waals surface area (Å²) in [6, 6.07) is 4.15. The smallest absolute Gasteiger partial charge is 0.410 e. The van der Waals surface area contributed by atoms with Gasteiger partial charge in [-0.2, -0.15) is 5.10 Å². The van der Waals surface area contributed by atoms with Crippen LogP contribution in [0.2, 0.25) is 0 Å².